The quantitative estimate of drug-likeness (QED) is 0.874. The van der Waals surface area contributed by atoms with Gasteiger partial charge < -0.3 is 10.5 Å². The minimum atomic E-state index is 0.0126. The van der Waals surface area contributed by atoms with Gasteiger partial charge in [0.05, 0.1) is 11.8 Å². The van der Waals surface area contributed by atoms with E-state index in [-0.39, 0.29) is 11.5 Å². The fourth-order valence-electron chi connectivity index (χ4n) is 1.41. The molecule has 0 fully saturated rings. The fourth-order valence-corrected chi connectivity index (χ4v) is 1.41. The second-order valence-electron chi connectivity index (χ2n) is 5.49. The molecule has 1 heterocycles. The van der Waals surface area contributed by atoms with Crippen LogP contribution in [0.4, 0.5) is 0 Å². The molecule has 0 spiro atoms. The van der Waals surface area contributed by atoms with Gasteiger partial charge in [-0.2, -0.15) is 0 Å². The lowest BCUT2D eigenvalue weighted by Gasteiger charge is -2.21. The van der Waals surface area contributed by atoms with Crippen molar-refractivity contribution in [3.05, 3.63) is 23.4 Å². The van der Waals surface area contributed by atoms with Gasteiger partial charge in [-0.1, -0.05) is 27.7 Å². The maximum absolute atomic E-state index is 5.78. The van der Waals surface area contributed by atoms with E-state index in [0.29, 0.717) is 12.4 Å². The lowest BCUT2D eigenvalue weighted by Crippen LogP contribution is -2.17. The summed E-state index contributed by atoms with van der Waals surface area (Å²) < 4.78 is 5.78. The van der Waals surface area contributed by atoms with Crippen LogP contribution in [0.1, 0.15) is 52.3 Å². The summed E-state index contributed by atoms with van der Waals surface area (Å²) >= 11 is 0. The summed E-state index contributed by atoms with van der Waals surface area (Å²) in [5.74, 6) is 0.687. The predicted molar refractivity (Wildman–Crippen MR) is 71.2 cm³/mol. The van der Waals surface area contributed by atoms with E-state index in [0.717, 1.165) is 17.7 Å². The van der Waals surface area contributed by atoms with Crippen LogP contribution in [-0.2, 0) is 12.0 Å². The number of pyridine rings is 1. The first-order chi connectivity index (χ1) is 7.86. The Labute approximate surface area is 104 Å². The van der Waals surface area contributed by atoms with Crippen molar-refractivity contribution in [1.82, 2.24) is 4.98 Å². The van der Waals surface area contributed by atoms with Crippen molar-refractivity contribution >= 4 is 0 Å². The molecule has 0 aliphatic heterocycles. The first kappa shape index (κ1) is 14.0. The first-order valence-electron chi connectivity index (χ1n) is 6.25. The van der Waals surface area contributed by atoms with Gasteiger partial charge in [0.15, 0.2) is 0 Å². The largest absolute Gasteiger partial charge is 0.475 e. The normalized spacial score (nSPS) is 13.5. The average molecular weight is 236 g/mol. The van der Waals surface area contributed by atoms with Gasteiger partial charge in [0.2, 0.25) is 5.88 Å². The Kier molecular flexibility index (Phi) is 4.52. The van der Waals surface area contributed by atoms with Crippen molar-refractivity contribution in [2.75, 3.05) is 0 Å². The smallest absolute Gasteiger partial charge is 0.214 e. The van der Waals surface area contributed by atoms with Gasteiger partial charge in [0.1, 0.15) is 0 Å². The first-order valence-corrected chi connectivity index (χ1v) is 6.25. The van der Waals surface area contributed by atoms with Crippen LogP contribution < -0.4 is 10.5 Å². The Morgan fingerprint density at radius 2 is 2.00 bits per heavy atom. The second-order valence-corrected chi connectivity index (χ2v) is 5.49. The van der Waals surface area contributed by atoms with Crippen LogP contribution in [0.15, 0.2) is 12.1 Å². The number of hydrogen-bond donors (Lipinski definition) is 1. The van der Waals surface area contributed by atoms with E-state index in [1.165, 1.54) is 0 Å². The van der Waals surface area contributed by atoms with Crippen LogP contribution >= 0.6 is 0 Å². The number of nitrogens with two attached hydrogens (primary N) is 1. The highest BCUT2D eigenvalue weighted by Gasteiger charge is 2.17. The third kappa shape index (κ3) is 4.00. The summed E-state index contributed by atoms with van der Waals surface area (Å²) in [7, 11) is 0. The Hall–Kier alpha value is -1.09. The molecule has 2 N–H and O–H groups in total. The van der Waals surface area contributed by atoms with Crippen LogP contribution in [0.5, 0.6) is 5.88 Å². The highest BCUT2D eigenvalue weighted by Crippen LogP contribution is 2.24. The molecule has 0 radical (unpaired) electrons. The highest BCUT2D eigenvalue weighted by molar-refractivity contribution is 5.28. The van der Waals surface area contributed by atoms with Gasteiger partial charge in [-0.3, -0.25) is 0 Å². The Balaban J connectivity index is 3.05. The summed E-state index contributed by atoms with van der Waals surface area (Å²) in [6, 6.07) is 3.99. The monoisotopic (exact) mass is 236 g/mol. The molecule has 0 saturated heterocycles. The fraction of sp³-hybridized carbons (Fsp3) is 0.643. The SMILES string of the molecule is CCC(C)Oc1cc(CN)cc(C(C)(C)C)n1. The van der Waals surface area contributed by atoms with E-state index >= 15 is 0 Å². The summed E-state index contributed by atoms with van der Waals surface area (Å²) in [6.07, 6.45) is 1.16. The van der Waals surface area contributed by atoms with E-state index in [1.54, 1.807) is 0 Å². The zero-order valence-corrected chi connectivity index (χ0v) is 11.6. The van der Waals surface area contributed by atoms with E-state index in [2.05, 4.69) is 38.7 Å². The van der Waals surface area contributed by atoms with Crippen molar-refractivity contribution in [2.24, 2.45) is 5.73 Å². The number of aromatic nitrogens is 1. The molecule has 17 heavy (non-hydrogen) atoms. The molecule has 96 valence electrons. The van der Waals surface area contributed by atoms with Gasteiger partial charge >= 0.3 is 0 Å². The van der Waals surface area contributed by atoms with E-state index < -0.39 is 0 Å². The number of ether oxygens (including phenoxy) is 1. The second kappa shape index (κ2) is 5.50. The van der Waals surface area contributed by atoms with Gasteiger partial charge in [0.25, 0.3) is 0 Å². The van der Waals surface area contributed by atoms with Gasteiger partial charge in [-0.15, -0.1) is 0 Å². The van der Waals surface area contributed by atoms with Crippen molar-refractivity contribution < 1.29 is 4.74 Å². The molecule has 0 aromatic carbocycles. The van der Waals surface area contributed by atoms with Crippen molar-refractivity contribution in [3.63, 3.8) is 0 Å². The van der Waals surface area contributed by atoms with Crippen molar-refractivity contribution in [3.8, 4) is 5.88 Å². The van der Waals surface area contributed by atoms with Gasteiger partial charge in [0, 0.05) is 18.0 Å². The molecule has 0 bridgehead atoms. The molecule has 0 aliphatic rings. The summed E-state index contributed by atoms with van der Waals surface area (Å²) in [5, 5.41) is 0. The summed E-state index contributed by atoms with van der Waals surface area (Å²) in [6.45, 7) is 11.1. The van der Waals surface area contributed by atoms with E-state index in [1.807, 2.05) is 13.0 Å². The Morgan fingerprint density at radius 1 is 1.35 bits per heavy atom. The zero-order valence-electron chi connectivity index (χ0n) is 11.6. The molecule has 0 aliphatic carbocycles. The average Bonchev–Trinajstić information content (AvgIpc) is 2.27. The summed E-state index contributed by atoms with van der Waals surface area (Å²) in [5.41, 5.74) is 7.82. The molecule has 1 aromatic heterocycles. The Bertz CT molecular complexity index is 369. The van der Waals surface area contributed by atoms with Gasteiger partial charge in [-0.05, 0) is 25.0 Å². The summed E-state index contributed by atoms with van der Waals surface area (Å²) in [4.78, 5) is 4.56. The topological polar surface area (TPSA) is 48.1 Å². The number of hydrogen-bond acceptors (Lipinski definition) is 3. The third-order valence-corrected chi connectivity index (χ3v) is 2.76. The molecule has 1 atom stereocenters. The molecule has 1 unspecified atom stereocenters. The molecule has 3 heteroatoms. The van der Waals surface area contributed by atoms with E-state index in [9.17, 15) is 0 Å². The third-order valence-electron chi connectivity index (χ3n) is 2.76. The van der Waals surface area contributed by atoms with Crippen LogP contribution in [0, 0.1) is 0 Å². The molecule has 1 rings (SSSR count). The standard InChI is InChI=1S/C14H24N2O/c1-6-10(2)17-13-8-11(9-15)7-12(16-13)14(3,4)5/h7-8,10H,6,9,15H2,1-5H3. The lowest BCUT2D eigenvalue weighted by molar-refractivity contribution is 0.207. The lowest BCUT2D eigenvalue weighted by atomic mass is 9.91. The van der Waals surface area contributed by atoms with Crippen LogP contribution in [0.2, 0.25) is 0 Å². The maximum atomic E-state index is 5.78. The van der Waals surface area contributed by atoms with Crippen LogP contribution in [-0.4, -0.2) is 11.1 Å². The van der Waals surface area contributed by atoms with E-state index in [4.69, 9.17) is 10.5 Å². The number of rotatable bonds is 4. The molecule has 1 aromatic rings. The molecular weight excluding hydrogens is 212 g/mol. The molecule has 0 amide bonds. The Morgan fingerprint density at radius 3 is 2.47 bits per heavy atom. The number of nitrogens with zero attached hydrogens (tertiary/aromatic N) is 1. The van der Waals surface area contributed by atoms with Gasteiger partial charge in [-0.25, -0.2) is 4.98 Å². The maximum Gasteiger partial charge on any atom is 0.214 e. The minimum Gasteiger partial charge on any atom is -0.475 e. The zero-order chi connectivity index (χ0) is 13.1. The highest BCUT2D eigenvalue weighted by atomic mass is 16.5. The van der Waals surface area contributed by atoms with Crippen molar-refractivity contribution in [1.29, 1.82) is 0 Å². The van der Waals surface area contributed by atoms with Crippen LogP contribution in [0.3, 0.4) is 0 Å². The molecule has 0 saturated carbocycles. The predicted octanol–water partition coefficient (Wildman–Crippen LogP) is 3.02. The molecular formula is C14H24N2O. The van der Waals surface area contributed by atoms with Crippen molar-refractivity contribution in [2.45, 2.75) is 59.1 Å². The minimum absolute atomic E-state index is 0.0126. The van der Waals surface area contributed by atoms with Crippen LogP contribution in [0.25, 0.3) is 0 Å². The molecule has 3 nitrogen and oxygen atoms in total.